The summed E-state index contributed by atoms with van der Waals surface area (Å²) in [6, 6.07) is 7.52. The fraction of sp³-hybridized carbons (Fsp3) is 0.400. The topological polar surface area (TPSA) is 79.4 Å². The second-order valence-electron chi connectivity index (χ2n) is 6.98. The number of amides is 1. The van der Waals surface area contributed by atoms with E-state index in [2.05, 4.69) is 10.3 Å². The number of carbonyl (C=O) groups is 1. The van der Waals surface area contributed by atoms with Crippen LogP contribution in [0.2, 0.25) is 0 Å². The van der Waals surface area contributed by atoms with E-state index in [4.69, 9.17) is 0 Å². The molecule has 0 aliphatic carbocycles. The highest BCUT2D eigenvalue weighted by molar-refractivity contribution is 7.91. The van der Waals surface area contributed by atoms with Crippen LogP contribution in [0, 0.1) is 13.8 Å². The van der Waals surface area contributed by atoms with E-state index in [1.807, 2.05) is 39.0 Å². The SMILES string of the molecule is CCN(C(=O)c1cncc(Nc2cccc(C)c2C)c1)C1CCS(=O)(=O)C1. The lowest BCUT2D eigenvalue weighted by molar-refractivity contribution is 0.0708. The van der Waals surface area contributed by atoms with Gasteiger partial charge in [0.25, 0.3) is 5.91 Å². The van der Waals surface area contributed by atoms with Gasteiger partial charge >= 0.3 is 0 Å². The predicted octanol–water partition coefficient (Wildman–Crippen LogP) is 3.09. The third-order valence-electron chi connectivity index (χ3n) is 5.12. The zero-order valence-corrected chi connectivity index (χ0v) is 16.7. The Bertz CT molecular complexity index is 957. The molecule has 1 unspecified atom stereocenters. The normalized spacial score (nSPS) is 18.3. The van der Waals surface area contributed by atoms with E-state index in [0.29, 0.717) is 18.5 Å². The van der Waals surface area contributed by atoms with E-state index in [0.717, 1.165) is 16.9 Å². The number of anilines is 2. The number of nitrogens with zero attached hydrogens (tertiary/aromatic N) is 2. The van der Waals surface area contributed by atoms with Crippen molar-refractivity contribution >= 4 is 27.1 Å². The van der Waals surface area contributed by atoms with Gasteiger partial charge in [0.05, 0.1) is 29.0 Å². The van der Waals surface area contributed by atoms with Gasteiger partial charge in [0.1, 0.15) is 0 Å². The summed E-state index contributed by atoms with van der Waals surface area (Å²) in [6.07, 6.45) is 3.70. The molecule has 1 amide bonds. The molecule has 1 aliphatic heterocycles. The number of hydrogen-bond donors (Lipinski definition) is 1. The van der Waals surface area contributed by atoms with Gasteiger partial charge in [-0.05, 0) is 50.5 Å². The summed E-state index contributed by atoms with van der Waals surface area (Å²) in [5.74, 6) is 0.00525. The Morgan fingerprint density at radius 2 is 2.07 bits per heavy atom. The Balaban J connectivity index is 1.82. The van der Waals surface area contributed by atoms with Crippen LogP contribution in [0.15, 0.2) is 36.7 Å². The molecule has 0 radical (unpaired) electrons. The fourth-order valence-corrected chi connectivity index (χ4v) is 5.15. The third-order valence-corrected chi connectivity index (χ3v) is 6.87. The van der Waals surface area contributed by atoms with E-state index in [9.17, 15) is 13.2 Å². The maximum absolute atomic E-state index is 13.0. The highest BCUT2D eigenvalue weighted by atomic mass is 32.2. The van der Waals surface area contributed by atoms with E-state index in [1.54, 1.807) is 17.2 Å². The van der Waals surface area contributed by atoms with Gasteiger partial charge in [0.15, 0.2) is 9.84 Å². The highest BCUT2D eigenvalue weighted by Gasteiger charge is 2.34. The highest BCUT2D eigenvalue weighted by Crippen LogP contribution is 2.24. The number of rotatable bonds is 5. The van der Waals surface area contributed by atoms with Crippen molar-refractivity contribution in [1.29, 1.82) is 0 Å². The van der Waals surface area contributed by atoms with Crippen LogP contribution in [0.25, 0.3) is 0 Å². The number of pyridine rings is 1. The number of benzene rings is 1. The van der Waals surface area contributed by atoms with Gasteiger partial charge < -0.3 is 10.2 Å². The first-order chi connectivity index (χ1) is 12.8. The van der Waals surface area contributed by atoms with Gasteiger partial charge in [-0.1, -0.05) is 12.1 Å². The van der Waals surface area contributed by atoms with Crippen LogP contribution in [0.1, 0.15) is 34.8 Å². The quantitative estimate of drug-likeness (QED) is 0.853. The average molecular weight is 388 g/mol. The summed E-state index contributed by atoms with van der Waals surface area (Å²) >= 11 is 0. The second-order valence-corrected chi connectivity index (χ2v) is 9.21. The second kappa shape index (κ2) is 7.68. The lowest BCUT2D eigenvalue weighted by atomic mass is 10.1. The first kappa shape index (κ1) is 19.4. The lowest BCUT2D eigenvalue weighted by Gasteiger charge is -2.27. The van der Waals surface area contributed by atoms with Crippen LogP contribution in [0.4, 0.5) is 11.4 Å². The molecule has 27 heavy (non-hydrogen) atoms. The molecule has 0 bridgehead atoms. The molecule has 1 fully saturated rings. The average Bonchev–Trinajstić information content (AvgIpc) is 2.99. The molecule has 1 N–H and O–H groups in total. The molecule has 1 aliphatic rings. The van der Waals surface area contributed by atoms with Crippen LogP contribution < -0.4 is 5.32 Å². The Labute approximate surface area is 160 Å². The van der Waals surface area contributed by atoms with E-state index < -0.39 is 9.84 Å². The standard InChI is InChI=1S/C20H25N3O3S/c1-4-23(18-8-9-27(25,26)13-18)20(24)16-10-17(12-21-11-16)22-19-7-5-6-14(2)15(19)3/h5-7,10-12,18,22H,4,8-9,13H2,1-3H3. The zero-order chi connectivity index (χ0) is 19.6. The van der Waals surface area contributed by atoms with Crippen molar-refractivity contribution in [2.24, 2.45) is 0 Å². The van der Waals surface area contributed by atoms with E-state index >= 15 is 0 Å². The van der Waals surface area contributed by atoms with Crippen molar-refractivity contribution in [1.82, 2.24) is 9.88 Å². The summed E-state index contributed by atoms with van der Waals surface area (Å²) in [5.41, 5.74) is 4.47. The van der Waals surface area contributed by atoms with Gasteiger partial charge in [-0.25, -0.2) is 8.42 Å². The number of sulfone groups is 1. The molecule has 1 atom stereocenters. The summed E-state index contributed by atoms with van der Waals surface area (Å²) in [5, 5.41) is 3.32. The predicted molar refractivity (Wildman–Crippen MR) is 107 cm³/mol. The van der Waals surface area contributed by atoms with Crippen LogP contribution in [-0.2, 0) is 9.84 Å². The molecule has 0 saturated carbocycles. The van der Waals surface area contributed by atoms with Crippen molar-refractivity contribution in [3.8, 4) is 0 Å². The molecule has 1 aromatic carbocycles. The van der Waals surface area contributed by atoms with Gasteiger partial charge in [-0.3, -0.25) is 9.78 Å². The summed E-state index contributed by atoms with van der Waals surface area (Å²) < 4.78 is 23.6. The molecular weight excluding hydrogens is 362 g/mol. The monoisotopic (exact) mass is 387 g/mol. The van der Waals surface area contributed by atoms with Gasteiger partial charge in [0.2, 0.25) is 0 Å². The van der Waals surface area contributed by atoms with Crippen molar-refractivity contribution in [3.05, 3.63) is 53.3 Å². The smallest absolute Gasteiger partial charge is 0.255 e. The van der Waals surface area contributed by atoms with Gasteiger partial charge in [-0.2, -0.15) is 0 Å². The number of aromatic nitrogens is 1. The number of carbonyl (C=O) groups excluding carboxylic acids is 1. The molecule has 3 rings (SSSR count). The minimum atomic E-state index is -3.05. The van der Waals surface area contributed by atoms with Crippen molar-refractivity contribution in [2.75, 3.05) is 23.4 Å². The van der Waals surface area contributed by atoms with E-state index in [-0.39, 0.29) is 23.5 Å². The molecule has 6 nitrogen and oxygen atoms in total. The molecule has 2 heterocycles. The minimum Gasteiger partial charge on any atom is -0.354 e. The summed E-state index contributed by atoms with van der Waals surface area (Å²) in [4.78, 5) is 18.8. The first-order valence-corrected chi connectivity index (χ1v) is 10.9. The molecular formula is C20H25N3O3S. The van der Waals surface area contributed by atoms with Crippen LogP contribution in [-0.4, -0.2) is 48.3 Å². The lowest BCUT2D eigenvalue weighted by Crippen LogP contribution is -2.41. The Morgan fingerprint density at radius 1 is 1.30 bits per heavy atom. The minimum absolute atomic E-state index is 0.0421. The molecule has 7 heteroatoms. The summed E-state index contributed by atoms with van der Waals surface area (Å²) in [6.45, 7) is 6.43. The maximum Gasteiger partial charge on any atom is 0.255 e. The molecule has 144 valence electrons. The van der Waals surface area contributed by atoms with Gasteiger partial charge in [0, 0.05) is 24.5 Å². The van der Waals surface area contributed by atoms with E-state index in [1.165, 1.54) is 11.8 Å². The number of hydrogen-bond acceptors (Lipinski definition) is 5. The Kier molecular flexibility index (Phi) is 5.51. The largest absolute Gasteiger partial charge is 0.354 e. The van der Waals surface area contributed by atoms with Crippen LogP contribution in [0.5, 0.6) is 0 Å². The molecule has 0 spiro atoms. The Hall–Kier alpha value is -2.41. The first-order valence-electron chi connectivity index (χ1n) is 9.10. The number of nitrogens with one attached hydrogen (secondary N) is 1. The zero-order valence-electron chi connectivity index (χ0n) is 15.9. The van der Waals surface area contributed by atoms with Crippen LogP contribution in [0.3, 0.4) is 0 Å². The number of aryl methyl sites for hydroxylation is 1. The molecule has 1 aromatic heterocycles. The maximum atomic E-state index is 13.0. The van der Waals surface area contributed by atoms with Crippen molar-refractivity contribution in [2.45, 2.75) is 33.2 Å². The van der Waals surface area contributed by atoms with Crippen LogP contribution >= 0.6 is 0 Å². The third kappa shape index (κ3) is 4.30. The van der Waals surface area contributed by atoms with Crippen molar-refractivity contribution < 1.29 is 13.2 Å². The molecule has 2 aromatic rings. The van der Waals surface area contributed by atoms with Crippen molar-refractivity contribution in [3.63, 3.8) is 0 Å². The van der Waals surface area contributed by atoms with Gasteiger partial charge in [-0.15, -0.1) is 0 Å². The fourth-order valence-electron chi connectivity index (χ4n) is 3.42. The Morgan fingerprint density at radius 3 is 2.74 bits per heavy atom. The summed E-state index contributed by atoms with van der Waals surface area (Å²) in [7, 11) is -3.05. The molecule has 1 saturated heterocycles.